The summed E-state index contributed by atoms with van der Waals surface area (Å²) in [6.45, 7) is 9.27. The Morgan fingerprint density at radius 3 is 2.61 bits per heavy atom. The van der Waals surface area contributed by atoms with Gasteiger partial charge in [0.05, 0.1) is 11.6 Å². The molecule has 2 amide bonds. The molecule has 1 aliphatic rings. The van der Waals surface area contributed by atoms with Gasteiger partial charge in [0.15, 0.2) is 0 Å². The molecule has 1 aromatic heterocycles. The highest BCUT2D eigenvalue weighted by Crippen LogP contribution is 2.35. The lowest BCUT2D eigenvalue weighted by Crippen LogP contribution is -2.40. The van der Waals surface area contributed by atoms with Crippen molar-refractivity contribution in [2.75, 3.05) is 6.61 Å². The Hall–Kier alpha value is -4.00. The highest BCUT2D eigenvalue weighted by Gasteiger charge is 2.39. The Bertz CT molecular complexity index is 1480. The lowest BCUT2D eigenvalue weighted by atomic mass is 9.83. The van der Waals surface area contributed by atoms with E-state index >= 15 is 0 Å². The van der Waals surface area contributed by atoms with Gasteiger partial charge in [0.25, 0.3) is 0 Å². The van der Waals surface area contributed by atoms with Crippen LogP contribution in [0.5, 0.6) is 0 Å². The number of hydrogen-bond acceptors (Lipinski definition) is 5. The van der Waals surface area contributed by atoms with Crippen molar-refractivity contribution in [3.63, 3.8) is 0 Å². The summed E-state index contributed by atoms with van der Waals surface area (Å²) in [6, 6.07) is 20.1. The largest absolute Gasteiger partial charge is 0.447 e. The van der Waals surface area contributed by atoms with E-state index in [-0.39, 0.29) is 30.9 Å². The van der Waals surface area contributed by atoms with Gasteiger partial charge in [-0.05, 0) is 73.1 Å². The molecule has 0 unspecified atom stereocenters. The second kappa shape index (κ2) is 10.8. The first-order valence-electron chi connectivity index (χ1n) is 13.4. The summed E-state index contributed by atoms with van der Waals surface area (Å²) in [7, 11) is 0. The minimum Gasteiger partial charge on any atom is -0.447 e. The van der Waals surface area contributed by atoms with Crippen LogP contribution in [-0.4, -0.2) is 44.5 Å². The SMILES string of the molecule is CCc1cc([C@H](CC(=O)N2C(=O)OC[C@H]2Cc2ccccc2)c2ccc3c(nnn3CC)c2C)ccc1C. The first-order chi connectivity index (χ1) is 18.4. The van der Waals surface area contributed by atoms with Crippen molar-refractivity contribution in [2.24, 2.45) is 0 Å². The van der Waals surface area contributed by atoms with Crippen LogP contribution in [0.25, 0.3) is 11.0 Å². The maximum absolute atomic E-state index is 13.9. The van der Waals surface area contributed by atoms with Crippen LogP contribution in [0.1, 0.15) is 59.6 Å². The van der Waals surface area contributed by atoms with E-state index in [1.165, 1.54) is 16.0 Å². The van der Waals surface area contributed by atoms with E-state index in [1.54, 1.807) is 0 Å². The molecule has 0 spiro atoms. The highest BCUT2D eigenvalue weighted by atomic mass is 16.6. The van der Waals surface area contributed by atoms with Crippen LogP contribution < -0.4 is 0 Å². The maximum Gasteiger partial charge on any atom is 0.416 e. The van der Waals surface area contributed by atoms with Crippen molar-refractivity contribution in [2.45, 2.75) is 65.5 Å². The lowest BCUT2D eigenvalue weighted by molar-refractivity contribution is -0.129. The third-order valence-corrected chi connectivity index (χ3v) is 7.74. The van der Waals surface area contributed by atoms with Gasteiger partial charge in [0.2, 0.25) is 5.91 Å². The molecule has 2 atom stereocenters. The Balaban J connectivity index is 1.53. The minimum absolute atomic E-state index is 0.154. The normalized spacial score (nSPS) is 16.2. The van der Waals surface area contributed by atoms with Gasteiger partial charge in [-0.15, -0.1) is 5.10 Å². The second-order valence-electron chi connectivity index (χ2n) is 10.0. The molecule has 3 aromatic carbocycles. The quantitative estimate of drug-likeness (QED) is 0.302. The number of imide groups is 1. The van der Waals surface area contributed by atoms with E-state index in [1.807, 2.05) is 54.9 Å². The molecular formula is C31H34N4O3. The van der Waals surface area contributed by atoms with Gasteiger partial charge in [-0.3, -0.25) is 4.79 Å². The lowest BCUT2D eigenvalue weighted by Gasteiger charge is -2.25. The number of rotatable bonds is 8. The van der Waals surface area contributed by atoms with Crippen molar-refractivity contribution in [1.82, 2.24) is 19.9 Å². The summed E-state index contributed by atoms with van der Waals surface area (Å²) in [6.07, 6.45) is 1.06. The van der Waals surface area contributed by atoms with E-state index in [2.05, 4.69) is 48.4 Å². The van der Waals surface area contributed by atoms with Gasteiger partial charge in [0, 0.05) is 18.9 Å². The van der Waals surface area contributed by atoms with E-state index in [9.17, 15) is 9.59 Å². The molecule has 38 heavy (non-hydrogen) atoms. The second-order valence-corrected chi connectivity index (χ2v) is 10.0. The average molecular weight is 511 g/mol. The van der Waals surface area contributed by atoms with Crippen LogP contribution in [0, 0.1) is 13.8 Å². The predicted molar refractivity (Wildman–Crippen MR) is 147 cm³/mol. The average Bonchev–Trinajstić information content (AvgIpc) is 3.52. The van der Waals surface area contributed by atoms with E-state index in [4.69, 9.17) is 4.74 Å². The zero-order valence-electron chi connectivity index (χ0n) is 22.5. The number of fused-ring (bicyclic) bond motifs is 1. The zero-order chi connectivity index (χ0) is 26.8. The number of carbonyl (C=O) groups excluding carboxylic acids is 2. The molecule has 0 aliphatic carbocycles. The molecule has 1 fully saturated rings. The van der Waals surface area contributed by atoms with Crippen molar-refractivity contribution < 1.29 is 14.3 Å². The van der Waals surface area contributed by atoms with Crippen LogP contribution >= 0.6 is 0 Å². The molecule has 1 aliphatic heterocycles. The highest BCUT2D eigenvalue weighted by molar-refractivity contribution is 5.94. The molecule has 196 valence electrons. The number of hydrogen-bond donors (Lipinski definition) is 0. The molecule has 7 heteroatoms. The summed E-state index contributed by atoms with van der Waals surface area (Å²) < 4.78 is 7.24. The molecule has 0 saturated carbocycles. The van der Waals surface area contributed by atoms with E-state index in [0.29, 0.717) is 6.42 Å². The topological polar surface area (TPSA) is 77.3 Å². The summed E-state index contributed by atoms with van der Waals surface area (Å²) in [5.74, 6) is -0.468. The molecule has 0 N–H and O–H groups in total. The summed E-state index contributed by atoms with van der Waals surface area (Å²) in [5, 5.41) is 8.75. The predicted octanol–water partition coefficient (Wildman–Crippen LogP) is 5.74. The molecule has 4 aromatic rings. The number of nitrogens with zero attached hydrogens (tertiary/aromatic N) is 4. The monoisotopic (exact) mass is 510 g/mol. The van der Waals surface area contributed by atoms with Crippen LogP contribution in [0.4, 0.5) is 4.79 Å². The molecular weight excluding hydrogens is 476 g/mol. The van der Waals surface area contributed by atoms with Gasteiger partial charge in [-0.25, -0.2) is 14.4 Å². The van der Waals surface area contributed by atoms with Crippen LogP contribution in [-0.2, 0) is 28.9 Å². The van der Waals surface area contributed by atoms with E-state index in [0.717, 1.165) is 46.3 Å². The Morgan fingerprint density at radius 1 is 1.08 bits per heavy atom. The smallest absolute Gasteiger partial charge is 0.416 e. The van der Waals surface area contributed by atoms with Gasteiger partial charge in [-0.2, -0.15) is 0 Å². The van der Waals surface area contributed by atoms with Gasteiger partial charge in [0.1, 0.15) is 12.1 Å². The van der Waals surface area contributed by atoms with Gasteiger partial charge in [-0.1, -0.05) is 66.7 Å². The fourth-order valence-electron chi connectivity index (χ4n) is 5.57. The first kappa shape index (κ1) is 25.6. The Labute approximate surface area is 223 Å². The molecule has 7 nitrogen and oxygen atoms in total. The molecule has 5 rings (SSSR count). The fraction of sp³-hybridized carbons (Fsp3) is 0.355. The number of ether oxygens (including phenoxy) is 1. The Morgan fingerprint density at radius 2 is 1.87 bits per heavy atom. The number of aromatic nitrogens is 3. The molecule has 0 radical (unpaired) electrons. The maximum atomic E-state index is 13.9. The summed E-state index contributed by atoms with van der Waals surface area (Å²) in [5.41, 5.74) is 8.43. The number of carbonyl (C=O) groups is 2. The van der Waals surface area contributed by atoms with Crippen LogP contribution in [0.15, 0.2) is 60.7 Å². The summed E-state index contributed by atoms with van der Waals surface area (Å²) in [4.78, 5) is 27.9. The summed E-state index contributed by atoms with van der Waals surface area (Å²) >= 11 is 0. The number of benzene rings is 3. The van der Waals surface area contributed by atoms with Crippen molar-refractivity contribution in [1.29, 1.82) is 0 Å². The van der Waals surface area contributed by atoms with Gasteiger partial charge < -0.3 is 4.74 Å². The molecule has 1 saturated heterocycles. The first-order valence-corrected chi connectivity index (χ1v) is 13.4. The number of aryl methyl sites for hydroxylation is 4. The van der Waals surface area contributed by atoms with Crippen molar-refractivity contribution in [3.05, 3.63) is 94.0 Å². The minimum atomic E-state index is -0.564. The zero-order valence-corrected chi connectivity index (χ0v) is 22.5. The van der Waals surface area contributed by atoms with Gasteiger partial charge >= 0.3 is 6.09 Å². The third-order valence-electron chi connectivity index (χ3n) is 7.74. The number of amides is 2. The standard InChI is InChI=1S/C31H34N4O3/c1-5-23-17-24(13-12-20(23)3)27(26-14-15-28-30(21(26)4)32-33-34(28)6-2)18-29(36)35-25(19-38-31(35)37)16-22-10-8-7-9-11-22/h7-15,17,25,27H,5-6,16,18-19H2,1-4H3/t25-,27+/m1/s1. The van der Waals surface area contributed by atoms with Crippen LogP contribution in [0.2, 0.25) is 0 Å². The molecule has 2 heterocycles. The third kappa shape index (κ3) is 4.80. The number of cyclic esters (lactones) is 1. The molecule has 0 bridgehead atoms. The fourth-order valence-corrected chi connectivity index (χ4v) is 5.57. The van der Waals surface area contributed by atoms with Crippen LogP contribution in [0.3, 0.4) is 0 Å². The van der Waals surface area contributed by atoms with Crippen molar-refractivity contribution in [3.8, 4) is 0 Å². The van der Waals surface area contributed by atoms with Crippen molar-refractivity contribution >= 4 is 23.0 Å². The van der Waals surface area contributed by atoms with E-state index < -0.39 is 6.09 Å². The Kier molecular flexibility index (Phi) is 7.27.